The second-order valence-corrected chi connectivity index (χ2v) is 8.04. The second-order valence-electron chi connectivity index (χ2n) is 8.04. The Labute approximate surface area is 196 Å². The molecule has 0 spiro atoms. The van der Waals surface area contributed by atoms with Crippen LogP contribution in [0.3, 0.4) is 0 Å². The van der Waals surface area contributed by atoms with Crippen LogP contribution in [0.1, 0.15) is 12.0 Å². The summed E-state index contributed by atoms with van der Waals surface area (Å²) in [5, 5.41) is 6.52. The summed E-state index contributed by atoms with van der Waals surface area (Å²) < 4.78 is 20.8. The summed E-state index contributed by atoms with van der Waals surface area (Å²) in [6.45, 7) is 2.27. The number of nitrogens with one attached hydrogen (secondary N) is 2. The molecule has 0 bridgehead atoms. The predicted molar refractivity (Wildman–Crippen MR) is 130 cm³/mol. The molecule has 8 heteroatoms. The van der Waals surface area contributed by atoms with E-state index in [9.17, 15) is 9.18 Å². The fourth-order valence-corrected chi connectivity index (χ4v) is 3.81. The highest BCUT2D eigenvalue weighted by Gasteiger charge is 2.20. The maximum absolute atomic E-state index is 13.3. The third-order valence-electron chi connectivity index (χ3n) is 5.62. The molecule has 0 aliphatic carbocycles. The van der Waals surface area contributed by atoms with Gasteiger partial charge in [-0.3, -0.25) is 4.57 Å². The van der Waals surface area contributed by atoms with E-state index in [1.54, 1.807) is 18.3 Å². The zero-order valence-corrected chi connectivity index (χ0v) is 18.4. The number of benzene rings is 3. The summed E-state index contributed by atoms with van der Waals surface area (Å²) in [5.41, 5.74) is 9.36. The molecule has 0 amide bonds. The first-order chi connectivity index (χ1) is 16.6. The first-order valence-electron chi connectivity index (χ1n) is 11.1. The molecule has 1 aliphatic heterocycles. The van der Waals surface area contributed by atoms with Crippen molar-refractivity contribution in [1.29, 1.82) is 0 Å². The number of nitrogens with zero attached hydrogens (tertiary/aromatic N) is 2. The first-order valence-corrected chi connectivity index (χ1v) is 11.1. The van der Waals surface area contributed by atoms with Gasteiger partial charge in [-0.1, -0.05) is 30.3 Å². The van der Waals surface area contributed by atoms with E-state index in [-0.39, 0.29) is 5.82 Å². The van der Waals surface area contributed by atoms with Crippen molar-refractivity contribution >= 4 is 11.5 Å². The van der Waals surface area contributed by atoms with Crippen molar-refractivity contribution < 1.29 is 9.13 Å². The summed E-state index contributed by atoms with van der Waals surface area (Å²) in [7, 11) is 0. The fourth-order valence-electron chi connectivity index (χ4n) is 3.81. The van der Waals surface area contributed by atoms with Gasteiger partial charge >= 0.3 is 5.69 Å². The van der Waals surface area contributed by atoms with Crippen LogP contribution in [0.4, 0.5) is 15.9 Å². The minimum Gasteiger partial charge on any atom is -0.450 e. The van der Waals surface area contributed by atoms with Gasteiger partial charge in [-0.15, -0.1) is 0 Å². The van der Waals surface area contributed by atoms with E-state index in [0.717, 1.165) is 36.2 Å². The van der Waals surface area contributed by atoms with Crippen molar-refractivity contribution in [2.45, 2.75) is 13.0 Å². The lowest BCUT2D eigenvalue weighted by atomic mass is 10.0. The second kappa shape index (κ2) is 9.46. The van der Waals surface area contributed by atoms with E-state index in [4.69, 9.17) is 10.5 Å². The van der Waals surface area contributed by atoms with Crippen LogP contribution in [0, 0.1) is 5.82 Å². The molecule has 1 aliphatic rings. The monoisotopic (exact) mass is 457 g/mol. The SMILES string of the molecule is NCCCNCc1ccc(-n2cc3c(nc2=O)Nc2cc(-c4ccc(F)cc4)ccc2O3)cc1. The Kier molecular flexibility index (Phi) is 6.07. The van der Waals surface area contributed by atoms with E-state index in [1.807, 2.05) is 42.5 Å². The summed E-state index contributed by atoms with van der Waals surface area (Å²) in [4.78, 5) is 16.9. The molecule has 0 saturated carbocycles. The number of rotatable bonds is 7. The van der Waals surface area contributed by atoms with Gasteiger partial charge in [0.1, 0.15) is 5.82 Å². The minimum atomic E-state index is -0.415. The molecule has 34 heavy (non-hydrogen) atoms. The van der Waals surface area contributed by atoms with Crippen LogP contribution in [-0.4, -0.2) is 22.6 Å². The van der Waals surface area contributed by atoms with Crippen LogP contribution in [-0.2, 0) is 6.54 Å². The number of halogens is 1. The molecule has 0 unspecified atom stereocenters. The fraction of sp³-hybridized carbons (Fsp3) is 0.154. The molecular weight excluding hydrogens is 433 g/mol. The summed E-state index contributed by atoms with van der Waals surface area (Å²) in [5.74, 6) is 1.13. The van der Waals surface area contributed by atoms with Gasteiger partial charge in [0, 0.05) is 6.54 Å². The number of fused-ring (bicyclic) bond motifs is 2. The molecule has 4 N–H and O–H groups in total. The zero-order valence-electron chi connectivity index (χ0n) is 18.4. The smallest absolute Gasteiger partial charge is 0.354 e. The van der Waals surface area contributed by atoms with Crippen LogP contribution < -0.4 is 26.8 Å². The lowest BCUT2D eigenvalue weighted by molar-refractivity contribution is 0.472. The minimum absolute atomic E-state index is 0.286. The Balaban J connectivity index is 1.37. The van der Waals surface area contributed by atoms with Gasteiger partial charge < -0.3 is 21.1 Å². The Bertz CT molecular complexity index is 1370. The number of hydrogen-bond donors (Lipinski definition) is 3. The molecular formula is C26H24FN5O2. The molecule has 0 saturated heterocycles. The molecule has 0 fully saturated rings. The van der Waals surface area contributed by atoms with Crippen molar-refractivity contribution in [3.8, 4) is 28.3 Å². The highest BCUT2D eigenvalue weighted by atomic mass is 19.1. The van der Waals surface area contributed by atoms with E-state index in [2.05, 4.69) is 15.6 Å². The van der Waals surface area contributed by atoms with Crippen LogP contribution in [0.15, 0.2) is 77.7 Å². The standard InChI is InChI=1S/C26H24FN5O2/c27-20-7-4-18(5-8-20)19-6-11-23-22(14-19)30-25-24(34-23)16-32(26(33)31-25)21-9-2-17(3-10-21)15-29-13-1-12-28/h2-11,14,16,29H,1,12-13,15,28H2,(H,30,31,33). The maximum atomic E-state index is 13.3. The Morgan fingerprint density at radius 1 is 1.00 bits per heavy atom. The van der Waals surface area contributed by atoms with E-state index in [1.165, 1.54) is 16.7 Å². The summed E-state index contributed by atoms with van der Waals surface area (Å²) in [6, 6.07) is 19.6. The predicted octanol–water partition coefficient (Wildman–Crippen LogP) is 4.33. The van der Waals surface area contributed by atoms with Crippen molar-refractivity contribution in [3.05, 3.63) is 94.8 Å². The average molecular weight is 458 g/mol. The van der Waals surface area contributed by atoms with Gasteiger partial charge in [-0.25, -0.2) is 9.18 Å². The van der Waals surface area contributed by atoms with Crippen LogP contribution in [0.25, 0.3) is 16.8 Å². The van der Waals surface area contributed by atoms with Gasteiger partial charge in [-0.05, 0) is 72.6 Å². The summed E-state index contributed by atoms with van der Waals surface area (Å²) in [6.07, 6.45) is 2.57. The zero-order chi connectivity index (χ0) is 23.5. The third-order valence-corrected chi connectivity index (χ3v) is 5.62. The highest BCUT2D eigenvalue weighted by molar-refractivity contribution is 5.78. The van der Waals surface area contributed by atoms with Gasteiger partial charge in [0.2, 0.25) is 0 Å². The third kappa shape index (κ3) is 4.54. The number of aromatic nitrogens is 2. The van der Waals surface area contributed by atoms with Gasteiger partial charge in [0.05, 0.1) is 17.6 Å². The van der Waals surface area contributed by atoms with Crippen LogP contribution in [0.2, 0.25) is 0 Å². The van der Waals surface area contributed by atoms with E-state index >= 15 is 0 Å². The lowest BCUT2D eigenvalue weighted by Crippen LogP contribution is -2.23. The topological polar surface area (TPSA) is 94.2 Å². The van der Waals surface area contributed by atoms with Gasteiger partial charge in [0.15, 0.2) is 17.3 Å². The molecule has 4 aromatic rings. The Morgan fingerprint density at radius 2 is 1.76 bits per heavy atom. The summed E-state index contributed by atoms with van der Waals surface area (Å²) >= 11 is 0. The average Bonchev–Trinajstić information content (AvgIpc) is 2.86. The number of hydrogen-bond acceptors (Lipinski definition) is 6. The van der Waals surface area contributed by atoms with Crippen molar-refractivity contribution in [2.24, 2.45) is 5.73 Å². The molecule has 1 aromatic heterocycles. The Hall–Kier alpha value is -4.01. The van der Waals surface area contributed by atoms with Crippen molar-refractivity contribution in [1.82, 2.24) is 14.9 Å². The lowest BCUT2D eigenvalue weighted by Gasteiger charge is -2.22. The first kappa shape index (κ1) is 21.8. The Morgan fingerprint density at radius 3 is 2.53 bits per heavy atom. The van der Waals surface area contributed by atoms with Crippen LogP contribution >= 0.6 is 0 Å². The molecule has 2 heterocycles. The molecule has 0 radical (unpaired) electrons. The van der Waals surface area contributed by atoms with E-state index < -0.39 is 5.69 Å². The largest absolute Gasteiger partial charge is 0.450 e. The normalized spacial score (nSPS) is 11.8. The van der Waals surface area contributed by atoms with E-state index in [0.29, 0.717) is 35.2 Å². The molecule has 5 rings (SSSR count). The molecule has 3 aromatic carbocycles. The number of ether oxygens (including phenoxy) is 1. The molecule has 0 atom stereocenters. The maximum Gasteiger partial charge on any atom is 0.354 e. The van der Waals surface area contributed by atoms with Gasteiger partial charge in [0.25, 0.3) is 0 Å². The van der Waals surface area contributed by atoms with Gasteiger partial charge in [-0.2, -0.15) is 4.98 Å². The van der Waals surface area contributed by atoms with Crippen molar-refractivity contribution in [2.75, 3.05) is 18.4 Å². The quantitative estimate of drug-likeness (QED) is 0.315. The van der Waals surface area contributed by atoms with Crippen LogP contribution in [0.5, 0.6) is 11.5 Å². The number of anilines is 2. The molecule has 7 nitrogen and oxygen atoms in total. The highest BCUT2D eigenvalue weighted by Crippen LogP contribution is 2.42. The molecule has 172 valence electrons. The number of nitrogens with two attached hydrogens (primary N) is 1. The van der Waals surface area contributed by atoms with Crippen molar-refractivity contribution in [3.63, 3.8) is 0 Å².